The van der Waals surface area contributed by atoms with E-state index in [2.05, 4.69) is 6.92 Å². The first-order valence-electron chi connectivity index (χ1n) is 7.06. The zero-order chi connectivity index (χ0) is 13.4. The van der Waals surface area contributed by atoms with Gasteiger partial charge in [-0.1, -0.05) is 44.7 Å². The lowest BCUT2D eigenvalue weighted by molar-refractivity contribution is 0.190. The standard InChI is InChI=1S/C16H26O2/c1-4-5-6-7-8-11-18-16-12-13(2)9-10-15(16)14(3)17/h9-10,12,14,17H,4-8,11H2,1-3H3. The maximum atomic E-state index is 9.69. The molecule has 1 rings (SSSR count). The van der Waals surface area contributed by atoms with Crippen LogP contribution >= 0.6 is 0 Å². The fourth-order valence-electron chi connectivity index (χ4n) is 2.00. The van der Waals surface area contributed by atoms with Crippen LogP contribution in [-0.2, 0) is 0 Å². The van der Waals surface area contributed by atoms with Gasteiger partial charge in [0.2, 0.25) is 0 Å². The van der Waals surface area contributed by atoms with Crippen LogP contribution in [0.1, 0.15) is 63.2 Å². The summed E-state index contributed by atoms with van der Waals surface area (Å²) in [6, 6.07) is 5.97. The monoisotopic (exact) mass is 250 g/mol. The summed E-state index contributed by atoms with van der Waals surface area (Å²) in [6.45, 7) is 6.78. The van der Waals surface area contributed by atoms with E-state index in [9.17, 15) is 5.11 Å². The number of aliphatic hydroxyl groups is 1. The van der Waals surface area contributed by atoms with Gasteiger partial charge < -0.3 is 9.84 Å². The van der Waals surface area contributed by atoms with Crippen LogP contribution in [0.4, 0.5) is 0 Å². The van der Waals surface area contributed by atoms with Crippen molar-refractivity contribution in [2.45, 2.75) is 59.0 Å². The zero-order valence-electron chi connectivity index (χ0n) is 11.9. The van der Waals surface area contributed by atoms with Crippen molar-refractivity contribution in [3.63, 3.8) is 0 Å². The quantitative estimate of drug-likeness (QED) is 0.693. The summed E-state index contributed by atoms with van der Waals surface area (Å²) in [4.78, 5) is 0. The third kappa shape index (κ3) is 5.09. The molecule has 0 aliphatic rings. The van der Waals surface area contributed by atoms with E-state index >= 15 is 0 Å². The maximum absolute atomic E-state index is 9.69. The Morgan fingerprint density at radius 2 is 1.89 bits per heavy atom. The van der Waals surface area contributed by atoms with Gasteiger partial charge >= 0.3 is 0 Å². The lowest BCUT2D eigenvalue weighted by atomic mass is 10.1. The molecular weight excluding hydrogens is 224 g/mol. The fourth-order valence-corrected chi connectivity index (χ4v) is 2.00. The molecule has 1 atom stereocenters. The third-order valence-electron chi connectivity index (χ3n) is 3.12. The first-order chi connectivity index (χ1) is 8.65. The first kappa shape index (κ1) is 15.0. The van der Waals surface area contributed by atoms with E-state index in [1.807, 2.05) is 25.1 Å². The number of benzene rings is 1. The van der Waals surface area contributed by atoms with Crippen LogP contribution in [0.3, 0.4) is 0 Å². The second-order valence-electron chi connectivity index (χ2n) is 4.98. The molecule has 0 bridgehead atoms. The highest BCUT2D eigenvalue weighted by atomic mass is 16.5. The summed E-state index contributed by atoms with van der Waals surface area (Å²) in [7, 11) is 0. The van der Waals surface area contributed by atoms with Crippen molar-refractivity contribution in [2.24, 2.45) is 0 Å². The Morgan fingerprint density at radius 3 is 2.56 bits per heavy atom. The molecule has 1 aromatic rings. The molecule has 0 saturated carbocycles. The SMILES string of the molecule is CCCCCCCOc1cc(C)ccc1C(C)O. The van der Waals surface area contributed by atoms with Crippen LogP contribution in [0.25, 0.3) is 0 Å². The Balaban J connectivity index is 2.43. The van der Waals surface area contributed by atoms with Crippen LogP contribution in [0.15, 0.2) is 18.2 Å². The molecule has 0 heterocycles. The summed E-state index contributed by atoms with van der Waals surface area (Å²) < 4.78 is 5.80. The highest BCUT2D eigenvalue weighted by molar-refractivity contribution is 5.38. The topological polar surface area (TPSA) is 29.5 Å². The number of unbranched alkanes of at least 4 members (excludes halogenated alkanes) is 4. The van der Waals surface area contributed by atoms with E-state index in [4.69, 9.17) is 4.74 Å². The largest absolute Gasteiger partial charge is 0.493 e. The number of rotatable bonds is 8. The van der Waals surface area contributed by atoms with Crippen molar-refractivity contribution in [3.05, 3.63) is 29.3 Å². The molecule has 0 amide bonds. The second-order valence-corrected chi connectivity index (χ2v) is 4.98. The van der Waals surface area contributed by atoms with E-state index in [1.54, 1.807) is 6.92 Å². The Hall–Kier alpha value is -1.02. The molecule has 2 heteroatoms. The molecule has 102 valence electrons. The molecule has 1 N–H and O–H groups in total. The van der Waals surface area contributed by atoms with Gasteiger partial charge in [-0.15, -0.1) is 0 Å². The van der Waals surface area contributed by atoms with Gasteiger partial charge in [0.05, 0.1) is 12.7 Å². The minimum Gasteiger partial charge on any atom is -0.493 e. The summed E-state index contributed by atoms with van der Waals surface area (Å²) in [5.41, 5.74) is 2.05. The van der Waals surface area contributed by atoms with E-state index in [0.29, 0.717) is 0 Å². The average molecular weight is 250 g/mol. The molecule has 0 spiro atoms. The van der Waals surface area contributed by atoms with Crippen molar-refractivity contribution < 1.29 is 9.84 Å². The molecule has 18 heavy (non-hydrogen) atoms. The lowest BCUT2D eigenvalue weighted by Gasteiger charge is -2.14. The van der Waals surface area contributed by atoms with E-state index in [0.717, 1.165) is 24.3 Å². The van der Waals surface area contributed by atoms with Gasteiger partial charge in [-0.3, -0.25) is 0 Å². The highest BCUT2D eigenvalue weighted by Crippen LogP contribution is 2.26. The van der Waals surface area contributed by atoms with Crippen LogP contribution in [0.2, 0.25) is 0 Å². The Morgan fingerprint density at radius 1 is 1.17 bits per heavy atom. The molecule has 0 aromatic heterocycles. The van der Waals surface area contributed by atoms with Crippen molar-refractivity contribution in [1.82, 2.24) is 0 Å². The summed E-state index contributed by atoms with van der Waals surface area (Å²) in [5, 5.41) is 9.69. The second kappa shape index (κ2) is 8.15. The van der Waals surface area contributed by atoms with Crippen molar-refractivity contribution in [3.8, 4) is 5.75 Å². The zero-order valence-corrected chi connectivity index (χ0v) is 11.9. The van der Waals surface area contributed by atoms with Crippen molar-refractivity contribution in [1.29, 1.82) is 0 Å². The Labute approximate surface area is 111 Å². The van der Waals surface area contributed by atoms with E-state index < -0.39 is 6.10 Å². The lowest BCUT2D eigenvalue weighted by Crippen LogP contribution is -2.02. The Kier molecular flexibility index (Phi) is 6.81. The molecule has 0 aliphatic heterocycles. The molecular formula is C16H26O2. The number of aliphatic hydroxyl groups excluding tert-OH is 1. The van der Waals surface area contributed by atoms with Gasteiger partial charge in [-0.2, -0.15) is 0 Å². The van der Waals surface area contributed by atoms with Gasteiger partial charge in [-0.05, 0) is 31.9 Å². The third-order valence-corrected chi connectivity index (χ3v) is 3.12. The Bertz CT molecular complexity index is 345. The minimum atomic E-state index is -0.472. The number of hydrogen-bond donors (Lipinski definition) is 1. The van der Waals surface area contributed by atoms with Crippen LogP contribution in [0, 0.1) is 6.92 Å². The highest BCUT2D eigenvalue weighted by Gasteiger charge is 2.08. The summed E-state index contributed by atoms with van der Waals surface area (Å²) in [5.74, 6) is 0.834. The van der Waals surface area contributed by atoms with E-state index in [1.165, 1.54) is 31.2 Å². The molecule has 0 fully saturated rings. The van der Waals surface area contributed by atoms with E-state index in [-0.39, 0.29) is 0 Å². The van der Waals surface area contributed by atoms with Crippen LogP contribution < -0.4 is 4.74 Å². The van der Waals surface area contributed by atoms with Crippen LogP contribution in [-0.4, -0.2) is 11.7 Å². The van der Waals surface area contributed by atoms with Crippen molar-refractivity contribution >= 4 is 0 Å². The molecule has 1 aromatic carbocycles. The normalized spacial score (nSPS) is 12.4. The van der Waals surface area contributed by atoms with Crippen LogP contribution in [0.5, 0.6) is 5.75 Å². The molecule has 2 nitrogen and oxygen atoms in total. The average Bonchev–Trinajstić information content (AvgIpc) is 2.33. The molecule has 0 saturated heterocycles. The summed E-state index contributed by atoms with van der Waals surface area (Å²) in [6.07, 6.45) is 5.71. The summed E-state index contributed by atoms with van der Waals surface area (Å²) >= 11 is 0. The molecule has 0 aliphatic carbocycles. The van der Waals surface area contributed by atoms with Gasteiger partial charge in [0.1, 0.15) is 5.75 Å². The van der Waals surface area contributed by atoms with Gasteiger partial charge in [0.25, 0.3) is 0 Å². The van der Waals surface area contributed by atoms with Gasteiger partial charge in [-0.25, -0.2) is 0 Å². The predicted octanol–water partition coefficient (Wildman–Crippen LogP) is 4.40. The van der Waals surface area contributed by atoms with Gasteiger partial charge in [0, 0.05) is 5.56 Å². The smallest absolute Gasteiger partial charge is 0.125 e. The fraction of sp³-hybridized carbons (Fsp3) is 0.625. The predicted molar refractivity (Wildman–Crippen MR) is 76.1 cm³/mol. The number of hydrogen-bond acceptors (Lipinski definition) is 2. The van der Waals surface area contributed by atoms with Crippen molar-refractivity contribution in [2.75, 3.05) is 6.61 Å². The van der Waals surface area contributed by atoms with Gasteiger partial charge in [0.15, 0.2) is 0 Å². The molecule has 1 unspecified atom stereocenters. The molecule has 0 radical (unpaired) electrons. The number of ether oxygens (including phenoxy) is 1. The maximum Gasteiger partial charge on any atom is 0.125 e. The first-order valence-corrected chi connectivity index (χ1v) is 7.06. The number of aryl methyl sites for hydroxylation is 1. The minimum absolute atomic E-state index is 0.472.